The minimum Gasteiger partial charge on any atom is -0.478 e. The fourth-order valence-corrected chi connectivity index (χ4v) is 6.98. The second-order valence-electron chi connectivity index (χ2n) is 6.61. The van der Waals surface area contributed by atoms with E-state index in [1.807, 2.05) is 0 Å². The lowest BCUT2D eigenvalue weighted by Crippen LogP contribution is -2.46. The number of halogens is 1. The van der Waals surface area contributed by atoms with Crippen molar-refractivity contribution in [3.8, 4) is 0 Å². The van der Waals surface area contributed by atoms with E-state index in [0.29, 0.717) is 4.34 Å². The fraction of sp³-hybridized carbons (Fsp3) is 0.562. The Morgan fingerprint density at radius 1 is 1.33 bits per heavy atom. The molecule has 0 spiro atoms. The van der Waals surface area contributed by atoms with Crippen LogP contribution in [0, 0.1) is 11.3 Å². The largest absolute Gasteiger partial charge is 0.478 e. The lowest BCUT2D eigenvalue weighted by molar-refractivity contribution is -0.131. The second kappa shape index (κ2) is 6.78. The van der Waals surface area contributed by atoms with Gasteiger partial charge in [-0.3, -0.25) is 0 Å². The van der Waals surface area contributed by atoms with Gasteiger partial charge in [0.1, 0.15) is 4.21 Å². The van der Waals surface area contributed by atoms with Gasteiger partial charge in [0.25, 0.3) is 0 Å². The third kappa shape index (κ3) is 3.54. The van der Waals surface area contributed by atoms with Gasteiger partial charge in [0, 0.05) is 17.5 Å². The summed E-state index contributed by atoms with van der Waals surface area (Å²) in [7, 11) is -3.66. The minimum absolute atomic E-state index is 0.202. The first-order valence-electron chi connectivity index (χ1n) is 8.02. The first-order chi connectivity index (χ1) is 11.3. The number of hydrogen-bond donors (Lipinski definition) is 2. The van der Waals surface area contributed by atoms with Crippen LogP contribution in [0.2, 0.25) is 4.34 Å². The lowest BCUT2D eigenvalue weighted by Gasteiger charge is -2.33. The van der Waals surface area contributed by atoms with Gasteiger partial charge >= 0.3 is 5.97 Å². The van der Waals surface area contributed by atoms with Gasteiger partial charge in [-0.15, -0.1) is 11.3 Å². The van der Waals surface area contributed by atoms with E-state index in [1.165, 1.54) is 6.07 Å². The average molecular weight is 390 g/mol. The van der Waals surface area contributed by atoms with Gasteiger partial charge < -0.3 is 5.11 Å². The molecule has 3 atom stereocenters. The number of carboxylic acids is 1. The smallest absolute Gasteiger partial charge is 0.327 e. The first kappa shape index (κ1) is 17.9. The molecule has 132 valence electrons. The summed E-state index contributed by atoms with van der Waals surface area (Å²) in [6, 6.07) is 2.82. The van der Waals surface area contributed by atoms with E-state index in [1.54, 1.807) is 12.1 Å². The van der Waals surface area contributed by atoms with Crippen LogP contribution < -0.4 is 4.72 Å². The topological polar surface area (TPSA) is 83.5 Å². The number of thiophene rings is 1. The van der Waals surface area contributed by atoms with Crippen molar-refractivity contribution < 1.29 is 18.3 Å². The van der Waals surface area contributed by atoms with Crippen LogP contribution in [0.25, 0.3) is 0 Å². The predicted octanol–water partition coefficient (Wildman–Crippen LogP) is 3.66. The Bertz CT molecular complexity index is 758. The van der Waals surface area contributed by atoms with Crippen LogP contribution in [0.3, 0.4) is 0 Å². The van der Waals surface area contributed by atoms with Crippen LogP contribution in [-0.4, -0.2) is 25.5 Å². The summed E-state index contributed by atoms with van der Waals surface area (Å²) in [4.78, 5) is 11.0. The van der Waals surface area contributed by atoms with E-state index in [9.17, 15) is 13.2 Å². The van der Waals surface area contributed by atoms with E-state index in [2.05, 4.69) is 4.72 Å². The lowest BCUT2D eigenvalue weighted by atomic mass is 9.78. The minimum atomic E-state index is -3.66. The zero-order chi connectivity index (χ0) is 17.4. The first-order valence-corrected chi connectivity index (χ1v) is 10.7. The Morgan fingerprint density at radius 2 is 2.12 bits per heavy atom. The number of sulfonamides is 1. The number of hydrogen-bond acceptors (Lipinski definition) is 4. The highest BCUT2D eigenvalue weighted by atomic mass is 35.5. The summed E-state index contributed by atoms with van der Waals surface area (Å²) < 4.78 is 29.0. The third-order valence-corrected chi connectivity index (χ3v) is 8.36. The molecule has 2 fully saturated rings. The molecule has 0 amide bonds. The summed E-state index contributed by atoms with van der Waals surface area (Å²) in [5.74, 6) is -0.750. The Labute approximate surface area is 150 Å². The van der Waals surface area contributed by atoms with Crippen LogP contribution in [0.1, 0.15) is 38.5 Å². The van der Waals surface area contributed by atoms with Crippen molar-refractivity contribution in [1.82, 2.24) is 4.72 Å². The zero-order valence-electron chi connectivity index (χ0n) is 13.1. The number of aliphatic carboxylic acids is 1. The molecule has 3 rings (SSSR count). The molecule has 1 heterocycles. The molecule has 2 saturated carbocycles. The van der Waals surface area contributed by atoms with Crippen molar-refractivity contribution in [3.63, 3.8) is 0 Å². The van der Waals surface area contributed by atoms with Crippen LogP contribution >= 0.6 is 22.9 Å². The van der Waals surface area contributed by atoms with E-state index < -0.39 is 21.4 Å². The quantitative estimate of drug-likeness (QED) is 0.752. The molecule has 8 heteroatoms. The molecule has 0 radical (unpaired) electrons. The standard InChI is InChI=1S/C16H20ClNO4S2/c17-12-4-5-14(23-12)24(21,22)18-15-11-3-1-2-8-16(15,9-6-11)10-7-13(19)20/h4-5,7,10-11,15,18H,1-3,6,8-9H2,(H,19,20)/t11-,15+,16+/m1/s1. The molecular weight excluding hydrogens is 370 g/mol. The molecule has 24 heavy (non-hydrogen) atoms. The molecular formula is C16H20ClNO4S2. The van der Waals surface area contributed by atoms with Gasteiger partial charge in [-0.1, -0.05) is 30.5 Å². The molecule has 0 aromatic carbocycles. The Morgan fingerprint density at radius 3 is 2.79 bits per heavy atom. The molecule has 2 aliphatic carbocycles. The SMILES string of the molecule is O=C(O)C=C[C@]12CCCC[C@H](CC1)[C@@H]2NS(=O)(=O)c1ccc(Cl)s1. The normalized spacial score (nSPS) is 30.5. The van der Waals surface area contributed by atoms with E-state index in [0.717, 1.165) is 55.9 Å². The number of rotatable bonds is 5. The highest BCUT2D eigenvalue weighted by Gasteiger charge is 2.49. The van der Waals surface area contributed by atoms with Crippen molar-refractivity contribution in [2.75, 3.05) is 0 Å². The molecule has 5 nitrogen and oxygen atoms in total. The Hall–Kier alpha value is -0.890. The maximum Gasteiger partial charge on any atom is 0.327 e. The molecule has 0 unspecified atom stereocenters. The van der Waals surface area contributed by atoms with Crippen molar-refractivity contribution in [3.05, 3.63) is 28.6 Å². The highest BCUT2D eigenvalue weighted by molar-refractivity contribution is 7.91. The van der Waals surface area contributed by atoms with Gasteiger partial charge in [-0.2, -0.15) is 0 Å². The summed E-state index contributed by atoms with van der Waals surface area (Å²) in [6.07, 6.45) is 8.45. The molecule has 2 N–H and O–H groups in total. The maximum atomic E-state index is 12.7. The van der Waals surface area contributed by atoms with Crippen LogP contribution in [0.4, 0.5) is 0 Å². The highest BCUT2D eigenvalue weighted by Crippen LogP contribution is 2.51. The number of fused-ring (bicyclic) bond motifs is 2. The molecule has 1 aromatic rings. The third-order valence-electron chi connectivity index (χ3n) is 5.19. The van der Waals surface area contributed by atoms with Crippen molar-refractivity contribution >= 4 is 38.9 Å². The Kier molecular flexibility index (Phi) is 5.06. The van der Waals surface area contributed by atoms with Crippen LogP contribution in [-0.2, 0) is 14.8 Å². The zero-order valence-corrected chi connectivity index (χ0v) is 15.5. The number of nitrogens with one attached hydrogen (secondary N) is 1. The fourth-order valence-electron chi connectivity index (χ4n) is 4.09. The van der Waals surface area contributed by atoms with Gasteiger partial charge in [0.05, 0.1) is 4.34 Å². The van der Waals surface area contributed by atoms with Crippen molar-refractivity contribution in [2.24, 2.45) is 11.3 Å². The number of carbonyl (C=O) groups is 1. The molecule has 2 bridgehead atoms. The molecule has 0 saturated heterocycles. The van der Waals surface area contributed by atoms with Gasteiger partial charge in [-0.25, -0.2) is 17.9 Å². The van der Waals surface area contributed by atoms with Crippen LogP contribution in [0.5, 0.6) is 0 Å². The van der Waals surface area contributed by atoms with E-state index in [4.69, 9.17) is 16.7 Å². The van der Waals surface area contributed by atoms with Gasteiger partial charge in [-0.05, 0) is 43.7 Å². The summed E-state index contributed by atoms with van der Waals surface area (Å²) in [6.45, 7) is 0. The van der Waals surface area contributed by atoms with Crippen molar-refractivity contribution in [2.45, 2.75) is 48.8 Å². The molecule has 1 aromatic heterocycles. The second-order valence-corrected chi connectivity index (χ2v) is 10.3. The summed E-state index contributed by atoms with van der Waals surface area (Å²) in [5, 5.41) is 9.00. The predicted molar refractivity (Wildman–Crippen MR) is 93.8 cm³/mol. The van der Waals surface area contributed by atoms with Crippen LogP contribution in [0.15, 0.2) is 28.5 Å². The summed E-state index contributed by atoms with van der Waals surface area (Å²) >= 11 is 6.90. The van der Waals surface area contributed by atoms with Gasteiger partial charge in [0.15, 0.2) is 0 Å². The van der Waals surface area contributed by atoms with Crippen molar-refractivity contribution in [1.29, 1.82) is 0 Å². The van der Waals surface area contributed by atoms with E-state index in [-0.39, 0.29) is 16.2 Å². The maximum absolute atomic E-state index is 12.7. The average Bonchev–Trinajstić information content (AvgIpc) is 3.01. The summed E-state index contributed by atoms with van der Waals surface area (Å²) in [5.41, 5.74) is -0.409. The van der Waals surface area contributed by atoms with E-state index >= 15 is 0 Å². The number of carboxylic acid groups (broad SMARTS) is 1. The molecule has 0 aliphatic heterocycles. The molecule has 2 aliphatic rings. The Balaban J connectivity index is 1.92. The monoisotopic (exact) mass is 389 g/mol. The van der Waals surface area contributed by atoms with Gasteiger partial charge in [0.2, 0.25) is 10.0 Å².